The van der Waals surface area contributed by atoms with E-state index < -0.39 is 0 Å². The van der Waals surface area contributed by atoms with Gasteiger partial charge in [0, 0.05) is 26.2 Å². The van der Waals surface area contributed by atoms with Gasteiger partial charge in [-0.3, -0.25) is 9.59 Å². The van der Waals surface area contributed by atoms with Gasteiger partial charge in [-0.25, -0.2) is 4.99 Å². The van der Waals surface area contributed by atoms with Crippen molar-refractivity contribution in [1.29, 1.82) is 0 Å². The molecule has 0 unspecified atom stereocenters. The molecule has 0 heterocycles. The van der Waals surface area contributed by atoms with Gasteiger partial charge in [-0.05, 0) is 20.8 Å². The van der Waals surface area contributed by atoms with Gasteiger partial charge in [0.25, 0.3) is 0 Å². The highest BCUT2D eigenvalue weighted by Gasteiger charge is 2.13. The molecule has 0 atom stereocenters. The van der Waals surface area contributed by atoms with Gasteiger partial charge in [0.05, 0.1) is 6.54 Å². The Kier molecular flexibility index (Phi) is 11.8. The Morgan fingerprint density at radius 3 is 2.27 bits per heavy atom. The first-order chi connectivity index (χ1) is 9.65. The minimum atomic E-state index is -0.296. The number of aliphatic imine (C=N–C) groups is 1. The van der Waals surface area contributed by atoms with Crippen molar-refractivity contribution in [2.45, 2.75) is 26.3 Å². The second-order valence-electron chi connectivity index (χ2n) is 5.77. The molecule has 0 saturated heterocycles. The summed E-state index contributed by atoms with van der Waals surface area (Å²) in [6.07, 6.45) is 1.67. The molecule has 8 heteroatoms. The van der Waals surface area contributed by atoms with Gasteiger partial charge in [-0.15, -0.1) is 30.6 Å². The Morgan fingerprint density at radius 2 is 1.82 bits per heavy atom. The second-order valence-corrected chi connectivity index (χ2v) is 5.77. The predicted octanol–water partition coefficient (Wildman–Crippen LogP) is 0.329. The lowest BCUT2D eigenvalue weighted by atomic mass is 10.1. The third-order valence-corrected chi connectivity index (χ3v) is 2.21. The molecule has 7 nitrogen and oxygen atoms in total. The lowest BCUT2D eigenvalue weighted by molar-refractivity contribution is -0.127. The summed E-state index contributed by atoms with van der Waals surface area (Å²) in [6, 6.07) is 0. The zero-order valence-corrected chi connectivity index (χ0v) is 16.4. The molecule has 0 rings (SSSR count). The number of likely N-dealkylation sites (N-methyl/N-ethyl adjacent to an activating group) is 1. The minimum absolute atomic E-state index is 0. The summed E-state index contributed by atoms with van der Waals surface area (Å²) in [5.41, 5.74) is -0.296. The van der Waals surface area contributed by atoms with Gasteiger partial charge in [0.2, 0.25) is 11.8 Å². The van der Waals surface area contributed by atoms with Crippen LogP contribution in [0.1, 0.15) is 20.8 Å². The molecule has 22 heavy (non-hydrogen) atoms. The topological polar surface area (TPSA) is 85.8 Å². The van der Waals surface area contributed by atoms with Crippen molar-refractivity contribution < 1.29 is 9.59 Å². The second kappa shape index (κ2) is 11.3. The van der Waals surface area contributed by atoms with Crippen molar-refractivity contribution in [3.8, 4) is 0 Å². The van der Waals surface area contributed by atoms with Crippen molar-refractivity contribution in [2.75, 3.05) is 33.7 Å². The first-order valence-corrected chi connectivity index (χ1v) is 6.80. The molecule has 3 N–H and O–H groups in total. The zero-order valence-electron chi connectivity index (χ0n) is 14.0. The third-order valence-electron chi connectivity index (χ3n) is 2.21. The summed E-state index contributed by atoms with van der Waals surface area (Å²) in [4.78, 5) is 28.9. The van der Waals surface area contributed by atoms with Crippen LogP contribution in [0.4, 0.5) is 0 Å². The van der Waals surface area contributed by atoms with E-state index in [9.17, 15) is 9.59 Å². The molecule has 0 aromatic carbocycles. The van der Waals surface area contributed by atoms with Gasteiger partial charge in [0.1, 0.15) is 6.54 Å². The Morgan fingerprint density at radius 1 is 1.23 bits per heavy atom. The lowest BCUT2D eigenvalue weighted by Gasteiger charge is -2.20. The number of nitrogens with zero attached hydrogens (tertiary/aromatic N) is 2. The van der Waals surface area contributed by atoms with Gasteiger partial charge >= 0.3 is 0 Å². The molecule has 0 radical (unpaired) electrons. The molecule has 0 fully saturated rings. The number of nitrogens with one attached hydrogen (secondary N) is 3. The van der Waals surface area contributed by atoms with Gasteiger partial charge in [-0.1, -0.05) is 6.08 Å². The maximum Gasteiger partial charge on any atom is 0.242 e. The SMILES string of the molecule is C=CCNC(=NCC(=O)NC(C)(C)C)NCC(=O)N(C)C.I. The molecule has 0 aliphatic carbocycles. The molecule has 0 aliphatic heterocycles. The highest BCUT2D eigenvalue weighted by Crippen LogP contribution is 1.97. The predicted molar refractivity (Wildman–Crippen MR) is 101 cm³/mol. The van der Waals surface area contributed by atoms with E-state index in [-0.39, 0.29) is 54.4 Å². The quantitative estimate of drug-likeness (QED) is 0.248. The fourth-order valence-corrected chi connectivity index (χ4v) is 1.27. The Hall–Kier alpha value is -1.32. The minimum Gasteiger partial charge on any atom is -0.353 e. The van der Waals surface area contributed by atoms with Crippen LogP contribution in [0.2, 0.25) is 0 Å². The molecule has 0 spiro atoms. The number of hydrogen-bond donors (Lipinski definition) is 3. The van der Waals surface area contributed by atoms with E-state index in [1.54, 1.807) is 20.2 Å². The van der Waals surface area contributed by atoms with E-state index in [0.717, 1.165) is 0 Å². The van der Waals surface area contributed by atoms with Gasteiger partial charge < -0.3 is 20.9 Å². The fourth-order valence-electron chi connectivity index (χ4n) is 1.27. The number of carbonyl (C=O) groups excluding carboxylic acids is 2. The maximum atomic E-state index is 11.7. The van der Waals surface area contributed by atoms with Crippen LogP contribution >= 0.6 is 24.0 Å². The van der Waals surface area contributed by atoms with E-state index in [1.165, 1.54) is 4.90 Å². The largest absolute Gasteiger partial charge is 0.353 e. The van der Waals surface area contributed by atoms with Crippen LogP contribution in [0.5, 0.6) is 0 Å². The molecule has 0 aromatic heterocycles. The van der Waals surface area contributed by atoms with E-state index in [0.29, 0.717) is 12.5 Å². The molecular formula is C14H28IN5O2. The van der Waals surface area contributed by atoms with Crippen molar-refractivity contribution in [2.24, 2.45) is 4.99 Å². The summed E-state index contributed by atoms with van der Waals surface area (Å²) in [6.45, 7) is 9.89. The van der Waals surface area contributed by atoms with Gasteiger partial charge in [-0.2, -0.15) is 0 Å². The Labute approximate surface area is 150 Å². The van der Waals surface area contributed by atoms with Crippen LogP contribution < -0.4 is 16.0 Å². The normalized spacial score (nSPS) is 11.0. The van der Waals surface area contributed by atoms with Crippen molar-refractivity contribution in [1.82, 2.24) is 20.9 Å². The van der Waals surface area contributed by atoms with Crippen molar-refractivity contribution in [3.05, 3.63) is 12.7 Å². The zero-order chi connectivity index (χ0) is 16.5. The third kappa shape index (κ3) is 12.4. The summed E-state index contributed by atoms with van der Waals surface area (Å²) >= 11 is 0. The average Bonchev–Trinajstić information content (AvgIpc) is 2.35. The van der Waals surface area contributed by atoms with Gasteiger partial charge in [0.15, 0.2) is 5.96 Å². The van der Waals surface area contributed by atoms with E-state index >= 15 is 0 Å². The maximum absolute atomic E-state index is 11.7. The molecule has 0 aliphatic rings. The number of hydrogen-bond acceptors (Lipinski definition) is 3. The average molecular weight is 425 g/mol. The number of rotatable bonds is 6. The smallest absolute Gasteiger partial charge is 0.242 e. The van der Waals surface area contributed by atoms with Crippen LogP contribution in [0.15, 0.2) is 17.6 Å². The first kappa shape index (κ1) is 23.0. The lowest BCUT2D eigenvalue weighted by Crippen LogP contribution is -2.45. The van der Waals surface area contributed by atoms with E-state index in [2.05, 4.69) is 27.5 Å². The Bertz CT molecular complexity index is 403. The molecule has 2 amide bonds. The van der Waals surface area contributed by atoms with Crippen LogP contribution in [0, 0.1) is 0 Å². The number of halogens is 1. The molecule has 0 bridgehead atoms. The molecular weight excluding hydrogens is 397 g/mol. The van der Waals surface area contributed by atoms with Crippen LogP contribution in [0.25, 0.3) is 0 Å². The number of carbonyl (C=O) groups is 2. The molecule has 0 saturated carbocycles. The molecule has 0 aromatic rings. The van der Waals surface area contributed by atoms with Crippen molar-refractivity contribution >= 4 is 41.8 Å². The standard InChI is InChI=1S/C14H27N5O2.HI/c1-7-8-15-13(17-10-12(21)19(5)6)16-9-11(20)18-14(2,3)4;/h7H,1,8-10H2,2-6H3,(H,18,20)(H2,15,16,17);1H. The molecule has 128 valence electrons. The number of guanidine groups is 1. The highest BCUT2D eigenvalue weighted by molar-refractivity contribution is 14.0. The summed E-state index contributed by atoms with van der Waals surface area (Å²) in [5.74, 6) is 0.137. The summed E-state index contributed by atoms with van der Waals surface area (Å²) in [7, 11) is 3.35. The summed E-state index contributed by atoms with van der Waals surface area (Å²) < 4.78 is 0. The fraction of sp³-hybridized carbons (Fsp3) is 0.643. The highest BCUT2D eigenvalue weighted by atomic mass is 127. The number of amides is 2. The van der Waals surface area contributed by atoms with Crippen molar-refractivity contribution in [3.63, 3.8) is 0 Å². The monoisotopic (exact) mass is 425 g/mol. The Balaban J connectivity index is 0. The van der Waals surface area contributed by atoms with E-state index in [4.69, 9.17) is 0 Å². The van der Waals surface area contributed by atoms with Crippen LogP contribution in [-0.2, 0) is 9.59 Å². The summed E-state index contributed by atoms with van der Waals surface area (Å²) in [5, 5.41) is 8.64. The van der Waals surface area contributed by atoms with Crippen LogP contribution in [0.3, 0.4) is 0 Å². The van der Waals surface area contributed by atoms with Crippen LogP contribution in [-0.4, -0.2) is 61.9 Å². The van der Waals surface area contributed by atoms with E-state index in [1.807, 2.05) is 20.8 Å². The first-order valence-electron chi connectivity index (χ1n) is 6.80.